The van der Waals surface area contributed by atoms with Gasteiger partial charge in [0, 0.05) is 58.3 Å². The second-order valence-corrected chi connectivity index (χ2v) is 6.01. The summed E-state index contributed by atoms with van der Waals surface area (Å²) < 4.78 is 16.4. The molecule has 0 aromatic carbocycles. The highest BCUT2D eigenvalue weighted by molar-refractivity contribution is 14.0. The van der Waals surface area contributed by atoms with E-state index in [1.165, 1.54) is 0 Å². The van der Waals surface area contributed by atoms with Gasteiger partial charge in [-0.2, -0.15) is 0 Å². The number of ether oxygens (including phenoxy) is 3. The number of guanidine groups is 1. The summed E-state index contributed by atoms with van der Waals surface area (Å²) in [5.41, 5.74) is 0.993. The fourth-order valence-electron chi connectivity index (χ4n) is 2.69. The zero-order valence-corrected chi connectivity index (χ0v) is 18.0. The highest BCUT2D eigenvalue weighted by atomic mass is 127. The minimum absolute atomic E-state index is 0. The van der Waals surface area contributed by atoms with Gasteiger partial charge in [0.25, 0.3) is 0 Å². The summed E-state index contributed by atoms with van der Waals surface area (Å²) in [7, 11) is 3.39. The smallest absolute Gasteiger partial charge is 0.218 e. The summed E-state index contributed by atoms with van der Waals surface area (Å²) in [6.07, 6.45) is 4.90. The first-order valence-electron chi connectivity index (χ1n) is 8.91. The van der Waals surface area contributed by atoms with Crippen LogP contribution in [-0.2, 0) is 16.0 Å². The van der Waals surface area contributed by atoms with Gasteiger partial charge in [-0.15, -0.1) is 24.0 Å². The first-order chi connectivity index (χ1) is 12.3. The van der Waals surface area contributed by atoms with Crippen molar-refractivity contribution in [2.24, 2.45) is 10.9 Å². The van der Waals surface area contributed by atoms with Gasteiger partial charge in [-0.3, -0.25) is 4.99 Å². The molecular weight excluding hydrogens is 447 g/mol. The summed E-state index contributed by atoms with van der Waals surface area (Å²) in [6.45, 7) is 4.78. The Morgan fingerprint density at radius 2 is 2.15 bits per heavy atom. The molecule has 0 unspecified atom stereocenters. The van der Waals surface area contributed by atoms with Crippen LogP contribution in [0.1, 0.15) is 24.8 Å². The number of nitrogens with zero attached hydrogens (tertiary/aromatic N) is 2. The van der Waals surface area contributed by atoms with Gasteiger partial charge >= 0.3 is 0 Å². The first-order valence-corrected chi connectivity index (χ1v) is 8.91. The number of pyridine rings is 1. The molecule has 1 aliphatic heterocycles. The molecule has 0 spiro atoms. The van der Waals surface area contributed by atoms with E-state index in [2.05, 4.69) is 20.6 Å². The number of methoxy groups -OCH3 is 1. The predicted octanol–water partition coefficient (Wildman–Crippen LogP) is 2.21. The molecule has 8 heteroatoms. The molecule has 0 atom stereocenters. The Labute approximate surface area is 173 Å². The number of nitrogens with one attached hydrogen (secondary N) is 2. The second kappa shape index (κ2) is 14.0. The molecule has 2 rings (SSSR count). The van der Waals surface area contributed by atoms with Crippen LogP contribution >= 0.6 is 24.0 Å². The third-order valence-electron chi connectivity index (χ3n) is 4.17. The van der Waals surface area contributed by atoms with Crippen LogP contribution < -0.4 is 15.4 Å². The molecule has 2 N–H and O–H groups in total. The molecule has 148 valence electrons. The highest BCUT2D eigenvalue weighted by Gasteiger charge is 2.13. The topological polar surface area (TPSA) is 77.0 Å². The van der Waals surface area contributed by atoms with Crippen LogP contribution in [-0.4, -0.2) is 58.1 Å². The van der Waals surface area contributed by atoms with Crippen LogP contribution in [0, 0.1) is 5.92 Å². The average Bonchev–Trinajstić information content (AvgIpc) is 2.68. The number of hydrogen-bond donors (Lipinski definition) is 2. The Morgan fingerprint density at radius 3 is 2.88 bits per heavy atom. The lowest BCUT2D eigenvalue weighted by atomic mass is 10.0. The summed E-state index contributed by atoms with van der Waals surface area (Å²) in [6, 6.07) is 3.88. The number of rotatable bonds is 9. The Balaban J connectivity index is 0.00000338. The summed E-state index contributed by atoms with van der Waals surface area (Å²) in [5, 5.41) is 6.56. The van der Waals surface area contributed by atoms with Crippen LogP contribution in [0.15, 0.2) is 23.3 Å². The first kappa shape index (κ1) is 22.9. The Morgan fingerprint density at radius 1 is 1.35 bits per heavy atom. The molecule has 1 saturated heterocycles. The molecule has 1 fully saturated rings. The second-order valence-electron chi connectivity index (χ2n) is 6.01. The van der Waals surface area contributed by atoms with Gasteiger partial charge in [0.15, 0.2) is 5.96 Å². The van der Waals surface area contributed by atoms with E-state index in [-0.39, 0.29) is 24.0 Å². The number of halogens is 1. The SMILES string of the molecule is CN=C(NCCCOCC1CCOCC1)NCc1cccnc1OC.I. The Bertz CT molecular complexity index is 525. The van der Waals surface area contributed by atoms with Crippen LogP contribution in [0.5, 0.6) is 5.88 Å². The minimum Gasteiger partial charge on any atom is -0.481 e. The van der Waals surface area contributed by atoms with E-state index in [4.69, 9.17) is 14.2 Å². The van der Waals surface area contributed by atoms with Crippen molar-refractivity contribution in [1.82, 2.24) is 15.6 Å². The van der Waals surface area contributed by atoms with Crippen molar-refractivity contribution in [3.63, 3.8) is 0 Å². The van der Waals surface area contributed by atoms with Gasteiger partial charge in [-0.05, 0) is 31.2 Å². The maximum absolute atomic E-state index is 5.77. The predicted molar refractivity (Wildman–Crippen MR) is 113 cm³/mol. The highest BCUT2D eigenvalue weighted by Crippen LogP contribution is 2.14. The zero-order valence-electron chi connectivity index (χ0n) is 15.7. The summed E-state index contributed by atoms with van der Waals surface area (Å²) >= 11 is 0. The largest absolute Gasteiger partial charge is 0.481 e. The monoisotopic (exact) mass is 478 g/mol. The quantitative estimate of drug-likeness (QED) is 0.245. The molecule has 2 heterocycles. The van der Waals surface area contributed by atoms with Crippen LogP contribution in [0.2, 0.25) is 0 Å². The lowest BCUT2D eigenvalue weighted by Gasteiger charge is -2.21. The Hall–Kier alpha value is -1.13. The molecule has 1 aromatic heterocycles. The lowest BCUT2D eigenvalue weighted by Crippen LogP contribution is -2.37. The maximum Gasteiger partial charge on any atom is 0.218 e. The Kier molecular flexibility index (Phi) is 12.3. The molecule has 0 aliphatic carbocycles. The van der Waals surface area contributed by atoms with Crippen molar-refractivity contribution in [2.45, 2.75) is 25.8 Å². The van der Waals surface area contributed by atoms with Gasteiger partial charge in [-0.25, -0.2) is 4.98 Å². The van der Waals surface area contributed by atoms with Crippen molar-refractivity contribution >= 4 is 29.9 Å². The van der Waals surface area contributed by atoms with Crippen molar-refractivity contribution in [2.75, 3.05) is 47.1 Å². The maximum atomic E-state index is 5.77. The van der Waals surface area contributed by atoms with Crippen molar-refractivity contribution < 1.29 is 14.2 Å². The van der Waals surface area contributed by atoms with E-state index < -0.39 is 0 Å². The van der Waals surface area contributed by atoms with Gasteiger partial charge in [0.2, 0.25) is 5.88 Å². The van der Waals surface area contributed by atoms with E-state index in [0.29, 0.717) is 18.3 Å². The van der Waals surface area contributed by atoms with Crippen molar-refractivity contribution in [1.29, 1.82) is 0 Å². The van der Waals surface area contributed by atoms with E-state index in [9.17, 15) is 0 Å². The fourth-order valence-corrected chi connectivity index (χ4v) is 2.69. The number of aliphatic imine (C=N–C) groups is 1. The molecule has 0 radical (unpaired) electrons. The van der Waals surface area contributed by atoms with Crippen molar-refractivity contribution in [3.05, 3.63) is 23.9 Å². The standard InChI is InChI=1S/C18H30N4O3.HI/c1-19-18(22-13-16-5-3-8-20-17(16)23-2)21-9-4-10-25-14-15-6-11-24-12-7-15;/h3,5,8,15H,4,6-7,9-14H2,1-2H3,(H2,19,21,22);1H. The van der Waals surface area contributed by atoms with E-state index in [1.807, 2.05) is 12.1 Å². The third-order valence-corrected chi connectivity index (χ3v) is 4.17. The molecule has 0 bridgehead atoms. The van der Waals surface area contributed by atoms with E-state index in [0.717, 1.165) is 63.8 Å². The summed E-state index contributed by atoms with van der Waals surface area (Å²) in [4.78, 5) is 8.42. The van der Waals surface area contributed by atoms with Crippen LogP contribution in [0.3, 0.4) is 0 Å². The van der Waals surface area contributed by atoms with Crippen LogP contribution in [0.4, 0.5) is 0 Å². The third kappa shape index (κ3) is 8.50. The summed E-state index contributed by atoms with van der Waals surface area (Å²) in [5.74, 6) is 2.05. The van der Waals surface area contributed by atoms with Gasteiger partial charge in [0.1, 0.15) is 0 Å². The van der Waals surface area contributed by atoms with Crippen molar-refractivity contribution in [3.8, 4) is 5.88 Å². The molecular formula is C18H31IN4O3. The minimum atomic E-state index is 0. The van der Waals surface area contributed by atoms with Gasteiger partial charge in [0.05, 0.1) is 7.11 Å². The average molecular weight is 478 g/mol. The molecule has 0 saturated carbocycles. The van der Waals surface area contributed by atoms with E-state index >= 15 is 0 Å². The van der Waals surface area contributed by atoms with Gasteiger partial charge in [-0.1, -0.05) is 6.07 Å². The molecule has 26 heavy (non-hydrogen) atoms. The molecule has 7 nitrogen and oxygen atoms in total. The normalized spacial score (nSPS) is 15.2. The van der Waals surface area contributed by atoms with Gasteiger partial charge < -0.3 is 24.8 Å². The number of hydrogen-bond acceptors (Lipinski definition) is 5. The molecule has 1 aliphatic rings. The number of aromatic nitrogens is 1. The van der Waals surface area contributed by atoms with E-state index in [1.54, 1.807) is 20.4 Å². The van der Waals surface area contributed by atoms with Crippen LogP contribution in [0.25, 0.3) is 0 Å². The molecule has 0 amide bonds. The fraction of sp³-hybridized carbons (Fsp3) is 0.667. The lowest BCUT2D eigenvalue weighted by molar-refractivity contribution is 0.0203. The zero-order chi connectivity index (χ0) is 17.7. The molecule has 1 aromatic rings.